The molecule has 2 atom stereocenters. The second kappa shape index (κ2) is 4.41. The second-order valence-electron chi connectivity index (χ2n) is 3.79. The Balaban J connectivity index is 2.22. The Kier molecular flexibility index (Phi) is 3.17. The fourth-order valence-electron chi connectivity index (χ4n) is 1.74. The molecule has 0 radical (unpaired) electrons. The minimum Gasteiger partial charge on any atom is -0.485 e. The molecule has 0 bridgehead atoms. The van der Waals surface area contributed by atoms with Crippen LogP contribution in [0.15, 0.2) is 22.7 Å². The van der Waals surface area contributed by atoms with Gasteiger partial charge < -0.3 is 15.4 Å². The topological polar surface area (TPSA) is 33.3 Å². The number of fused-ring (bicyclic) bond motifs is 1. The Labute approximate surface area is 98.3 Å². The van der Waals surface area contributed by atoms with Gasteiger partial charge in [-0.3, -0.25) is 0 Å². The van der Waals surface area contributed by atoms with Crippen LogP contribution in [0.2, 0.25) is 0 Å². The zero-order valence-corrected chi connectivity index (χ0v) is 10.5. The van der Waals surface area contributed by atoms with Crippen LogP contribution in [0.4, 0.5) is 5.69 Å². The fourth-order valence-corrected chi connectivity index (χ4v) is 2.08. The molecule has 2 N–H and O–H groups in total. The molecule has 0 saturated heterocycles. The van der Waals surface area contributed by atoms with Crippen molar-refractivity contribution in [2.75, 3.05) is 18.9 Å². The molecule has 1 heterocycles. The van der Waals surface area contributed by atoms with Crippen molar-refractivity contribution in [1.82, 2.24) is 5.32 Å². The van der Waals surface area contributed by atoms with Crippen molar-refractivity contribution in [3.05, 3.63) is 22.7 Å². The molecule has 0 saturated carbocycles. The van der Waals surface area contributed by atoms with E-state index in [1.54, 1.807) is 0 Å². The number of benzene rings is 1. The molecule has 2 unspecified atom stereocenters. The summed E-state index contributed by atoms with van der Waals surface area (Å²) in [5, 5.41) is 6.57. The van der Waals surface area contributed by atoms with E-state index < -0.39 is 0 Å². The Bertz CT molecular complexity index is 356. The normalized spacial score (nSPS) is 23.9. The molecule has 2 rings (SSSR count). The minimum atomic E-state index is 0.178. The summed E-state index contributed by atoms with van der Waals surface area (Å²) >= 11 is 3.44. The van der Waals surface area contributed by atoms with E-state index in [1.165, 1.54) is 0 Å². The Morgan fingerprint density at radius 1 is 1.53 bits per heavy atom. The van der Waals surface area contributed by atoms with Crippen LogP contribution in [-0.2, 0) is 0 Å². The van der Waals surface area contributed by atoms with Crippen LogP contribution < -0.4 is 15.4 Å². The summed E-state index contributed by atoms with van der Waals surface area (Å²) in [6.45, 7) is 2.98. The van der Waals surface area contributed by atoms with E-state index in [4.69, 9.17) is 4.74 Å². The van der Waals surface area contributed by atoms with Crippen molar-refractivity contribution < 1.29 is 4.74 Å². The highest BCUT2D eigenvalue weighted by atomic mass is 79.9. The van der Waals surface area contributed by atoms with Crippen LogP contribution in [0.3, 0.4) is 0 Å². The van der Waals surface area contributed by atoms with Gasteiger partial charge in [-0.15, -0.1) is 0 Å². The van der Waals surface area contributed by atoms with Crippen molar-refractivity contribution in [2.45, 2.75) is 19.1 Å². The van der Waals surface area contributed by atoms with Crippen LogP contribution in [0.1, 0.15) is 6.92 Å². The highest BCUT2D eigenvalue weighted by molar-refractivity contribution is 9.10. The van der Waals surface area contributed by atoms with Gasteiger partial charge in [0.25, 0.3) is 0 Å². The maximum atomic E-state index is 5.91. The molecule has 82 valence electrons. The van der Waals surface area contributed by atoms with Crippen LogP contribution in [0.25, 0.3) is 0 Å². The first-order valence-electron chi connectivity index (χ1n) is 5.08. The Morgan fingerprint density at radius 3 is 3.07 bits per heavy atom. The highest BCUT2D eigenvalue weighted by Crippen LogP contribution is 2.33. The maximum absolute atomic E-state index is 5.91. The molecule has 15 heavy (non-hydrogen) atoms. The lowest BCUT2D eigenvalue weighted by atomic mass is 10.1. The predicted molar refractivity (Wildman–Crippen MR) is 65.6 cm³/mol. The van der Waals surface area contributed by atoms with Gasteiger partial charge in [0, 0.05) is 11.0 Å². The van der Waals surface area contributed by atoms with Gasteiger partial charge in [-0.1, -0.05) is 15.9 Å². The number of anilines is 1. The van der Waals surface area contributed by atoms with E-state index in [-0.39, 0.29) is 6.10 Å². The summed E-state index contributed by atoms with van der Waals surface area (Å²) in [7, 11) is 1.94. The summed E-state index contributed by atoms with van der Waals surface area (Å²) in [6.07, 6.45) is 0.178. The van der Waals surface area contributed by atoms with Gasteiger partial charge in [0.05, 0.1) is 11.7 Å². The smallest absolute Gasteiger partial charge is 0.144 e. The third-order valence-corrected chi connectivity index (χ3v) is 3.06. The van der Waals surface area contributed by atoms with Crippen molar-refractivity contribution >= 4 is 21.6 Å². The summed E-state index contributed by atoms with van der Waals surface area (Å²) in [5.41, 5.74) is 1.07. The van der Waals surface area contributed by atoms with Gasteiger partial charge in [0.2, 0.25) is 0 Å². The van der Waals surface area contributed by atoms with E-state index in [0.717, 1.165) is 22.5 Å². The molecule has 1 aromatic carbocycles. The lowest BCUT2D eigenvalue weighted by molar-refractivity contribution is 0.174. The first-order chi connectivity index (χ1) is 7.20. The van der Waals surface area contributed by atoms with Gasteiger partial charge in [0.1, 0.15) is 11.9 Å². The molecule has 1 aliphatic heterocycles. The highest BCUT2D eigenvalue weighted by Gasteiger charge is 2.25. The van der Waals surface area contributed by atoms with Gasteiger partial charge >= 0.3 is 0 Å². The molecular weight excluding hydrogens is 256 g/mol. The predicted octanol–water partition coefficient (Wildman–Crippen LogP) is 2.23. The number of ether oxygens (including phenoxy) is 1. The summed E-state index contributed by atoms with van der Waals surface area (Å²) in [6, 6.07) is 6.37. The SMILES string of the molecule is CNCC1Oc2cc(Br)ccc2NC1C. The van der Waals surface area contributed by atoms with E-state index >= 15 is 0 Å². The fraction of sp³-hybridized carbons (Fsp3) is 0.455. The Hall–Kier alpha value is -0.740. The van der Waals surface area contributed by atoms with Gasteiger partial charge in [-0.25, -0.2) is 0 Å². The summed E-state index contributed by atoms with van der Waals surface area (Å²) in [4.78, 5) is 0. The molecule has 0 aliphatic carbocycles. The van der Waals surface area contributed by atoms with Crippen molar-refractivity contribution in [3.63, 3.8) is 0 Å². The van der Waals surface area contributed by atoms with Crippen LogP contribution >= 0.6 is 15.9 Å². The number of likely N-dealkylation sites (N-methyl/N-ethyl adjacent to an activating group) is 1. The minimum absolute atomic E-state index is 0.178. The van der Waals surface area contributed by atoms with E-state index in [1.807, 2.05) is 25.2 Å². The van der Waals surface area contributed by atoms with Crippen molar-refractivity contribution in [2.24, 2.45) is 0 Å². The number of hydrogen-bond acceptors (Lipinski definition) is 3. The van der Waals surface area contributed by atoms with Crippen LogP contribution in [0.5, 0.6) is 5.75 Å². The third-order valence-electron chi connectivity index (χ3n) is 2.57. The van der Waals surface area contributed by atoms with Gasteiger partial charge in [0.15, 0.2) is 0 Å². The van der Waals surface area contributed by atoms with Crippen LogP contribution in [0, 0.1) is 0 Å². The number of hydrogen-bond donors (Lipinski definition) is 2. The first kappa shape index (κ1) is 10.8. The molecule has 0 amide bonds. The van der Waals surface area contributed by atoms with E-state index in [9.17, 15) is 0 Å². The summed E-state index contributed by atoms with van der Waals surface area (Å²) < 4.78 is 6.95. The lowest BCUT2D eigenvalue weighted by Crippen LogP contribution is -2.44. The average Bonchev–Trinajstić information content (AvgIpc) is 2.20. The van der Waals surface area contributed by atoms with E-state index in [2.05, 4.69) is 33.5 Å². The van der Waals surface area contributed by atoms with Crippen LogP contribution in [-0.4, -0.2) is 25.7 Å². The largest absolute Gasteiger partial charge is 0.485 e. The molecule has 3 nitrogen and oxygen atoms in total. The zero-order valence-electron chi connectivity index (χ0n) is 8.88. The van der Waals surface area contributed by atoms with Gasteiger partial charge in [-0.2, -0.15) is 0 Å². The summed E-state index contributed by atoms with van der Waals surface area (Å²) in [5.74, 6) is 0.919. The lowest BCUT2D eigenvalue weighted by Gasteiger charge is -2.33. The standard InChI is InChI=1S/C11H15BrN2O/c1-7-11(6-13-2)15-10-5-8(12)3-4-9(10)14-7/h3-5,7,11,13-14H,6H2,1-2H3. The molecule has 4 heteroatoms. The number of nitrogens with one attached hydrogen (secondary N) is 2. The zero-order chi connectivity index (χ0) is 10.8. The Morgan fingerprint density at radius 2 is 2.33 bits per heavy atom. The second-order valence-corrected chi connectivity index (χ2v) is 4.70. The maximum Gasteiger partial charge on any atom is 0.144 e. The third kappa shape index (κ3) is 2.26. The van der Waals surface area contributed by atoms with Gasteiger partial charge in [-0.05, 0) is 32.2 Å². The quantitative estimate of drug-likeness (QED) is 0.865. The molecule has 1 aliphatic rings. The molecular formula is C11H15BrN2O. The van der Waals surface area contributed by atoms with Crippen molar-refractivity contribution in [1.29, 1.82) is 0 Å². The molecule has 1 aromatic rings. The first-order valence-corrected chi connectivity index (χ1v) is 5.87. The molecule has 0 fully saturated rings. The average molecular weight is 271 g/mol. The molecule has 0 spiro atoms. The van der Waals surface area contributed by atoms with E-state index in [0.29, 0.717) is 6.04 Å². The van der Waals surface area contributed by atoms with Crippen molar-refractivity contribution in [3.8, 4) is 5.75 Å². The number of halogens is 1. The monoisotopic (exact) mass is 270 g/mol. The molecule has 0 aromatic heterocycles. The number of rotatable bonds is 2.